The Balaban J connectivity index is 1.29. The normalized spacial score (nSPS) is 13.6. The summed E-state index contributed by atoms with van der Waals surface area (Å²) in [6, 6.07) is 16.8. The van der Waals surface area contributed by atoms with Crippen LogP contribution in [0.3, 0.4) is 0 Å². The highest BCUT2D eigenvalue weighted by atomic mass is 16.5. The zero-order chi connectivity index (χ0) is 37.9. The highest BCUT2D eigenvalue weighted by Gasteiger charge is 2.34. The molecule has 0 aromatic heterocycles. The number of ether oxygens (including phenoxy) is 1. The summed E-state index contributed by atoms with van der Waals surface area (Å²) < 4.78 is 5.58. The molecule has 0 saturated carbocycles. The number of hydrogen-bond acceptors (Lipinski definition) is 10. The number of carboxylic acids is 1. The van der Waals surface area contributed by atoms with Crippen molar-refractivity contribution in [2.75, 3.05) is 25.0 Å². The number of carbonyl (C=O) groups is 7. The van der Waals surface area contributed by atoms with Gasteiger partial charge in [-0.3, -0.25) is 34.6 Å². The molecule has 7 N–H and O–H groups in total. The molecule has 0 aliphatic heterocycles. The van der Waals surface area contributed by atoms with Gasteiger partial charge in [-0.15, -0.1) is 0 Å². The molecule has 1 aliphatic rings. The fraction of sp³-hybridized carbons (Fsp3) is 0.342. The molecule has 4 rings (SSSR count). The third-order valence-electron chi connectivity index (χ3n) is 8.62. The minimum Gasteiger partial charge on any atom is -0.478 e. The quantitative estimate of drug-likeness (QED) is 0.0783. The van der Waals surface area contributed by atoms with Gasteiger partial charge in [-0.1, -0.05) is 62.4 Å². The van der Waals surface area contributed by atoms with Gasteiger partial charge in [-0.25, -0.2) is 9.59 Å². The molecule has 0 fully saturated rings. The topological polar surface area (TPSA) is 223 Å². The van der Waals surface area contributed by atoms with Crippen LogP contribution in [0, 0.1) is 5.92 Å². The Morgan fingerprint density at radius 2 is 1.35 bits per heavy atom. The summed E-state index contributed by atoms with van der Waals surface area (Å²) >= 11 is 0. The number of ketones is 3. The number of benzene rings is 3. The molecule has 14 nitrogen and oxygen atoms in total. The van der Waals surface area contributed by atoms with Crippen LogP contribution in [-0.4, -0.2) is 84.2 Å². The first kappa shape index (κ1) is 39.1. The molecule has 0 spiro atoms. The number of Topliss-reactive ketones (excluding diaryl/α,β-unsaturated/α-hetero) is 3. The maximum Gasteiger partial charge on any atom is 0.335 e. The molecule has 3 aromatic carbocycles. The van der Waals surface area contributed by atoms with E-state index in [1.54, 1.807) is 13.8 Å². The van der Waals surface area contributed by atoms with Crippen molar-refractivity contribution < 1.29 is 43.4 Å². The number of anilines is 1. The number of nitrogens with one attached hydrogen (secondary N) is 4. The van der Waals surface area contributed by atoms with Crippen molar-refractivity contribution in [3.05, 3.63) is 89.5 Å². The smallest absolute Gasteiger partial charge is 0.335 e. The Morgan fingerprint density at radius 1 is 0.769 bits per heavy atom. The summed E-state index contributed by atoms with van der Waals surface area (Å²) in [5, 5.41) is 19.5. The van der Waals surface area contributed by atoms with Crippen LogP contribution in [0.4, 0.5) is 10.5 Å². The molecule has 3 amide bonds. The van der Waals surface area contributed by atoms with Crippen molar-refractivity contribution in [3.8, 4) is 11.1 Å². The first-order valence-corrected chi connectivity index (χ1v) is 16.9. The van der Waals surface area contributed by atoms with E-state index in [2.05, 4.69) is 21.3 Å². The van der Waals surface area contributed by atoms with E-state index in [1.165, 1.54) is 31.2 Å². The molecule has 0 heterocycles. The van der Waals surface area contributed by atoms with Crippen molar-refractivity contribution in [2.45, 2.75) is 57.7 Å². The van der Waals surface area contributed by atoms with E-state index in [4.69, 9.17) is 15.6 Å². The van der Waals surface area contributed by atoms with Crippen molar-refractivity contribution in [1.29, 1.82) is 0 Å². The molecule has 0 bridgehead atoms. The van der Waals surface area contributed by atoms with Gasteiger partial charge in [-0.05, 0) is 65.8 Å². The molecule has 3 aromatic rings. The summed E-state index contributed by atoms with van der Waals surface area (Å²) in [5.41, 5.74) is 9.93. The van der Waals surface area contributed by atoms with Gasteiger partial charge in [0, 0.05) is 18.0 Å². The van der Waals surface area contributed by atoms with E-state index in [9.17, 15) is 33.6 Å². The van der Waals surface area contributed by atoms with E-state index in [-0.39, 0.29) is 42.7 Å². The first-order chi connectivity index (χ1) is 24.7. The average Bonchev–Trinajstić information content (AvgIpc) is 3.43. The van der Waals surface area contributed by atoms with Crippen LogP contribution >= 0.6 is 0 Å². The van der Waals surface area contributed by atoms with Crippen LogP contribution in [0.2, 0.25) is 0 Å². The number of urea groups is 1. The van der Waals surface area contributed by atoms with E-state index in [0.29, 0.717) is 0 Å². The number of carbonyl (C=O) groups excluding carboxylic acids is 6. The van der Waals surface area contributed by atoms with E-state index < -0.39 is 72.3 Å². The lowest BCUT2D eigenvalue weighted by Crippen LogP contribution is -2.53. The van der Waals surface area contributed by atoms with E-state index in [1.807, 2.05) is 48.5 Å². The Bertz CT molecular complexity index is 1780. The Labute approximate surface area is 300 Å². The second-order valence-electron chi connectivity index (χ2n) is 13.0. The maximum atomic E-state index is 13.4. The monoisotopic (exact) mass is 713 g/mol. The van der Waals surface area contributed by atoms with Crippen molar-refractivity contribution in [2.24, 2.45) is 11.7 Å². The largest absolute Gasteiger partial charge is 0.478 e. The van der Waals surface area contributed by atoms with Crippen LogP contribution in [-0.2, 0) is 28.7 Å². The van der Waals surface area contributed by atoms with Crippen molar-refractivity contribution in [3.63, 3.8) is 0 Å². The Hall–Kier alpha value is -5.73. The molecule has 0 radical (unpaired) electrons. The van der Waals surface area contributed by atoms with Gasteiger partial charge in [0.1, 0.15) is 6.61 Å². The lowest BCUT2D eigenvalue weighted by molar-refractivity contribution is -0.143. The Kier molecular flexibility index (Phi) is 13.5. The predicted molar refractivity (Wildman–Crippen MR) is 192 cm³/mol. The molecule has 3 atom stereocenters. The third-order valence-corrected chi connectivity index (χ3v) is 8.62. The summed E-state index contributed by atoms with van der Waals surface area (Å²) in [4.78, 5) is 88.0. The minimum atomic E-state index is -1.45. The number of rotatable bonds is 19. The standard InChI is InChI=1S/C38H43N5O9/c1-21(2)16-31(43-38(51)42-24-14-12-23(13-15-24)37(49)50)36(48)35(47)30(17-33(39)45)41-18-32(44)22(3)40-19-34(46)52-20-29-27-10-6-4-8-25(27)26-9-5-7-11-28(26)29/h4-15,21-22,29-31,40-41H,16-20H2,1-3H3,(H2,39,45)(H,49,50)(H2,42,43,51)/t22-,30-,31-/m0/s1. The van der Waals surface area contributed by atoms with Crippen LogP contribution in [0.1, 0.15) is 61.0 Å². The molecule has 1 aliphatic carbocycles. The van der Waals surface area contributed by atoms with Gasteiger partial charge >= 0.3 is 18.0 Å². The Morgan fingerprint density at radius 3 is 1.90 bits per heavy atom. The summed E-state index contributed by atoms with van der Waals surface area (Å²) in [6.45, 7) is 4.50. The van der Waals surface area contributed by atoms with E-state index in [0.717, 1.165) is 22.3 Å². The minimum absolute atomic E-state index is 0.0108. The number of carboxylic acid groups (broad SMARTS) is 1. The zero-order valence-electron chi connectivity index (χ0n) is 29.1. The molecule has 0 unspecified atom stereocenters. The number of primary amides is 1. The average molecular weight is 714 g/mol. The molecule has 274 valence electrons. The summed E-state index contributed by atoms with van der Waals surface area (Å²) in [7, 11) is 0. The van der Waals surface area contributed by atoms with Crippen LogP contribution in [0.25, 0.3) is 11.1 Å². The fourth-order valence-corrected chi connectivity index (χ4v) is 5.92. The number of amides is 3. The lowest BCUT2D eigenvalue weighted by Gasteiger charge is -2.22. The SMILES string of the molecule is CC(C)C[C@H](NC(=O)Nc1ccc(C(=O)O)cc1)C(=O)C(=O)[C@H](CC(N)=O)NCC(=O)[C@H](C)NCC(=O)OCC1c2ccccc2-c2ccccc21. The molecular formula is C38H43N5O9. The van der Waals surface area contributed by atoms with Gasteiger partial charge in [-0.2, -0.15) is 0 Å². The number of nitrogens with two attached hydrogens (primary N) is 1. The van der Waals surface area contributed by atoms with Gasteiger partial charge < -0.3 is 26.2 Å². The van der Waals surface area contributed by atoms with Gasteiger partial charge in [0.2, 0.25) is 17.5 Å². The van der Waals surface area contributed by atoms with Crippen molar-refractivity contribution in [1.82, 2.24) is 16.0 Å². The van der Waals surface area contributed by atoms with E-state index >= 15 is 0 Å². The molecular weight excluding hydrogens is 670 g/mol. The zero-order valence-corrected chi connectivity index (χ0v) is 29.1. The van der Waals surface area contributed by atoms with Crippen molar-refractivity contribution >= 4 is 46.9 Å². The number of esters is 1. The fourth-order valence-electron chi connectivity index (χ4n) is 5.92. The summed E-state index contributed by atoms with van der Waals surface area (Å²) in [6.07, 6.45) is -0.509. The first-order valence-electron chi connectivity index (χ1n) is 16.9. The van der Waals surface area contributed by atoms with Crippen LogP contribution in [0.5, 0.6) is 0 Å². The van der Waals surface area contributed by atoms with Gasteiger partial charge in [0.05, 0.1) is 36.8 Å². The highest BCUT2D eigenvalue weighted by molar-refractivity contribution is 6.41. The molecule has 0 saturated heterocycles. The second-order valence-corrected chi connectivity index (χ2v) is 13.0. The highest BCUT2D eigenvalue weighted by Crippen LogP contribution is 2.44. The number of fused-ring (bicyclic) bond motifs is 3. The molecule has 52 heavy (non-hydrogen) atoms. The number of hydrogen-bond donors (Lipinski definition) is 6. The summed E-state index contributed by atoms with van der Waals surface area (Å²) in [5.74, 6) is -5.38. The maximum absolute atomic E-state index is 13.4. The second kappa shape index (κ2) is 18.0. The molecule has 14 heteroatoms. The van der Waals surface area contributed by atoms with Gasteiger partial charge in [0.15, 0.2) is 5.78 Å². The van der Waals surface area contributed by atoms with Crippen LogP contribution < -0.4 is 27.0 Å². The van der Waals surface area contributed by atoms with Crippen LogP contribution in [0.15, 0.2) is 72.8 Å². The third kappa shape index (κ3) is 10.4. The lowest BCUT2D eigenvalue weighted by atomic mass is 9.94. The number of aromatic carboxylic acids is 1. The predicted octanol–water partition coefficient (Wildman–Crippen LogP) is 2.80. The van der Waals surface area contributed by atoms with Gasteiger partial charge in [0.25, 0.3) is 0 Å².